The van der Waals surface area contributed by atoms with Crippen LogP contribution in [0.4, 0.5) is 4.79 Å². The lowest BCUT2D eigenvalue weighted by Gasteiger charge is -2.16. The average Bonchev–Trinajstić information content (AvgIpc) is 2.89. The lowest BCUT2D eigenvalue weighted by Crippen LogP contribution is -2.30. The largest absolute Gasteiger partial charge is 0.445 e. The van der Waals surface area contributed by atoms with E-state index in [1.165, 1.54) is 0 Å². The Balaban J connectivity index is 1.74. The van der Waals surface area contributed by atoms with Crippen LogP contribution in [-0.2, 0) is 17.9 Å². The van der Waals surface area contributed by atoms with Crippen molar-refractivity contribution in [3.8, 4) is 0 Å². The molecule has 0 bridgehead atoms. The first-order chi connectivity index (χ1) is 9.65. The molecule has 0 radical (unpaired) electrons. The first kappa shape index (κ1) is 14.6. The lowest BCUT2D eigenvalue weighted by molar-refractivity contribution is 0.103. The van der Waals surface area contributed by atoms with E-state index < -0.39 is 0 Å². The molecule has 1 aromatic carbocycles. The third-order valence-corrected chi connectivity index (χ3v) is 3.19. The van der Waals surface area contributed by atoms with Crippen LogP contribution < -0.4 is 0 Å². The Bertz CT molecular complexity index is 557. The molecule has 0 fully saturated rings. The Morgan fingerprint density at radius 1 is 1.40 bits per heavy atom. The number of benzene rings is 1. The molecule has 1 aromatic heterocycles. The number of hydrogen-bond donors (Lipinski definition) is 0. The fourth-order valence-electron chi connectivity index (χ4n) is 1.63. The number of halogens is 1. The zero-order valence-electron chi connectivity index (χ0n) is 11.2. The minimum atomic E-state index is -0.333. The molecule has 2 rings (SSSR count). The van der Waals surface area contributed by atoms with Crippen molar-refractivity contribution in [3.63, 3.8) is 0 Å². The fourth-order valence-corrected chi connectivity index (χ4v) is 1.96. The van der Waals surface area contributed by atoms with Crippen molar-refractivity contribution >= 4 is 22.0 Å². The number of carbonyl (C=O) groups excluding carboxylic acids is 1. The van der Waals surface area contributed by atoms with Crippen LogP contribution in [0.5, 0.6) is 0 Å². The zero-order chi connectivity index (χ0) is 14.4. The third-order valence-electron chi connectivity index (χ3n) is 2.78. The normalized spacial score (nSPS) is 10.3. The van der Waals surface area contributed by atoms with Gasteiger partial charge in [0.15, 0.2) is 0 Å². The quantitative estimate of drug-likeness (QED) is 0.842. The van der Waals surface area contributed by atoms with Crippen molar-refractivity contribution in [2.45, 2.75) is 13.2 Å². The molecule has 5 nitrogen and oxygen atoms in total. The van der Waals surface area contributed by atoms with Crippen molar-refractivity contribution in [2.24, 2.45) is 0 Å². The van der Waals surface area contributed by atoms with E-state index in [0.29, 0.717) is 13.1 Å². The van der Waals surface area contributed by atoms with Crippen molar-refractivity contribution in [1.29, 1.82) is 0 Å². The lowest BCUT2D eigenvalue weighted by atomic mass is 10.2. The second kappa shape index (κ2) is 7.09. The summed E-state index contributed by atoms with van der Waals surface area (Å²) in [5.74, 6) is 0. The van der Waals surface area contributed by atoms with E-state index >= 15 is 0 Å². The number of ether oxygens (including phenoxy) is 1. The molecule has 6 heteroatoms. The summed E-state index contributed by atoms with van der Waals surface area (Å²) in [5.41, 5.74) is 0.977. The minimum absolute atomic E-state index is 0.289. The predicted molar refractivity (Wildman–Crippen MR) is 79.2 cm³/mol. The molecule has 0 atom stereocenters. The Morgan fingerprint density at radius 2 is 2.15 bits per heavy atom. The molecule has 0 aliphatic heterocycles. The highest BCUT2D eigenvalue weighted by molar-refractivity contribution is 9.10. The topological polar surface area (TPSA) is 47.4 Å². The fraction of sp³-hybridized carbons (Fsp3) is 0.286. The molecular formula is C14H16BrN3O2. The highest BCUT2D eigenvalue weighted by atomic mass is 79.9. The molecule has 0 aliphatic rings. The molecule has 0 aliphatic carbocycles. The molecular weight excluding hydrogens is 322 g/mol. The molecule has 0 spiro atoms. The molecule has 0 unspecified atom stereocenters. The van der Waals surface area contributed by atoms with E-state index in [1.807, 2.05) is 36.5 Å². The van der Waals surface area contributed by atoms with Gasteiger partial charge in [0.05, 0.1) is 17.2 Å². The summed E-state index contributed by atoms with van der Waals surface area (Å²) >= 11 is 3.33. The SMILES string of the molecule is CN(CCn1cc(Br)cn1)C(=O)OCc1ccccc1. The zero-order valence-corrected chi connectivity index (χ0v) is 12.8. The number of hydrogen-bond acceptors (Lipinski definition) is 3. The smallest absolute Gasteiger partial charge is 0.409 e. The van der Waals surface area contributed by atoms with Crippen LogP contribution in [0.1, 0.15) is 5.56 Å². The van der Waals surface area contributed by atoms with Gasteiger partial charge in [-0.05, 0) is 21.5 Å². The summed E-state index contributed by atoms with van der Waals surface area (Å²) in [6.07, 6.45) is 3.25. The number of carbonyl (C=O) groups is 1. The number of nitrogens with zero attached hydrogens (tertiary/aromatic N) is 3. The highest BCUT2D eigenvalue weighted by Gasteiger charge is 2.10. The first-order valence-corrected chi connectivity index (χ1v) is 7.04. The van der Waals surface area contributed by atoms with Gasteiger partial charge in [-0.2, -0.15) is 5.10 Å². The maximum atomic E-state index is 11.8. The maximum absolute atomic E-state index is 11.8. The van der Waals surface area contributed by atoms with E-state index in [2.05, 4.69) is 21.0 Å². The maximum Gasteiger partial charge on any atom is 0.409 e. The predicted octanol–water partition coefficient (Wildman–Crippen LogP) is 2.91. The number of rotatable bonds is 5. The van der Waals surface area contributed by atoms with Crippen LogP contribution in [0.3, 0.4) is 0 Å². The monoisotopic (exact) mass is 337 g/mol. The molecule has 0 saturated carbocycles. The van der Waals surface area contributed by atoms with E-state index in [1.54, 1.807) is 22.8 Å². The van der Waals surface area contributed by atoms with Gasteiger partial charge >= 0.3 is 6.09 Å². The first-order valence-electron chi connectivity index (χ1n) is 6.25. The minimum Gasteiger partial charge on any atom is -0.445 e. The second-order valence-corrected chi connectivity index (χ2v) is 5.30. The van der Waals surface area contributed by atoms with Gasteiger partial charge in [-0.1, -0.05) is 30.3 Å². The molecule has 2 aromatic rings. The van der Waals surface area contributed by atoms with Gasteiger partial charge in [-0.3, -0.25) is 4.68 Å². The van der Waals surface area contributed by atoms with Gasteiger partial charge in [0.25, 0.3) is 0 Å². The van der Waals surface area contributed by atoms with Crippen molar-refractivity contribution < 1.29 is 9.53 Å². The molecule has 106 valence electrons. The van der Waals surface area contributed by atoms with Crippen LogP contribution in [0, 0.1) is 0 Å². The van der Waals surface area contributed by atoms with Gasteiger partial charge in [0.1, 0.15) is 6.61 Å². The Hall–Kier alpha value is -1.82. The van der Waals surface area contributed by atoms with Crippen molar-refractivity contribution in [1.82, 2.24) is 14.7 Å². The molecule has 1 heterocycles. The van der Waals surface area contributed by atoms with Gasteiger partial charge in [0, 0.05) is 19.8 Å². The second-order valence-electron chi connectivity index (χ2n) is 4.38. The Morgan fingerprint density at radius 3 is 2.80 bits per heavy atom. The summed E-state index contributed by atoms with van der Waals surface area (Å²) < 4.78 is 7.92. The average molecular weight is 338 g/mol. The summed E-state index contributed by atoms with van der Waals surface area (Å²) in [4.78, 5) is 13.3. The summed E-state index contributed by atoms with van der Waals surface area (Å²) in [6, 6.07) is 9.62. The van der Waals surface area contributed by atoms with E-state index in [-0.39, 0.29) is 12.7 Å². The van der Waals surface area contributed by atoms with Gasteiger partial charge < -0.3 is 9.64 Å². The van der Waals surface area contributed by atoms with Crippen molar-refractivity contribution in [3.05, 3.63) is 52.8 Å². The number of likely N-dealkylation sites (N-methyl/N-ethyl adjacent to an activating group) is 1. The Kier molecular flexibility index (Phi) is 5.17. The van der Waals surface area contributed by atoms with Crippen LogP contribution in [0.15, 0.2) is 47.2 Å². The van der Waals surface area contributed by atoms with Crippen LogP contribution >= 0.6 is 15.9 Å². The van der Waals surface area contributed by atoms with Gasteiger partial charge in [-0.15, -0.1) is 0 Å². The number of amides is 1. The Labute approximate surface area is 126 Å². The molecule has 0 N–H and O–H groups in total. The standard InChI is InChI=1S/C14H16BrN3O2/c1-17(7-8-18-10-13(15)9-16-18)14(19)20-11-12-5-3-2-4-6-12/h2-6,9-10H,7-8,11H2,1H3. The molecule has 1 amide bonds. The van der Waals surface area contributed by atoms with Crippen molar-refractivity contribution in [2.75, 3.05) is 13.6 Å². The molecule has 0 saturated heterocycles. The van der Waals surface area contributed by atoms with E-state index in [4.69, 9.17) is 4.74 Å². The van der Waals surface area contributed by atoms with Crippen LogP contribution in [-0.4, -0.2) is 34.4 Å². The van der Waals surface area contributed by atoms with Gasteiger partial charge in [-0.25, -0.2) is 4.79 Å². The number of aromatic nitrogens is 2. The summed E-state index contributed by atoms with van der Waals surface area (Å²) in [7, 11) is 1.71. The van der Waals surface area contributed by atoms with E-state index in [9.17, 15) is 4.79 Å². The third kappa shape index (κ3) is 4.38. The van der Waals surface area contributed by atoms with Crippen LogP contribution in [0.25, 0.3) is 0 Å². The van der Waals surface area contributed by atoms with Gasteiger partial charge in [0.2, 0.25) is 0 Å². The molecule has 20 heavy (non-hydrogen) atoms. The van der Waals surface area contributed by atoms with Crippen LogP contribution in [0.2, 0.25) is 0 Å². The van der Waals surface area contributed by atoms with E-state index in [0.717, 1.165) is 10.0 Å². The summed E-state index contributed by atoms with van der Waals surface area (Å²) in [6.45, 7) is 1.46. The summed E-state index contributed by atoms with van der Waals surface area (Å²) in [5, 5.41) is 4.13. The highest BCUT2D eigenvalue weighted by Crippen LogP contribution is 2.06.